The van der Waals surface area contributed by atoms with E-state index < -0.39 is 5.82 Å². The minimum absolute atomic E-state index is 0.110. The normalized spacial score (nSPS) is 35.0. The molecule has 0 N–H and O–H groups in total. The Hall–Kier alpha value is -1.71. The zero-order valence-electron chi connectivity index (χ0n) is 11.3. The number of fused-ring (bicyclic) bond motifs is 5. The van der Waals surface area contributed by atoms with Crippen LogP contribution in [0.25, 0.3) is 0 Å². The molecule has 4 heteroatoms. The maximum atomic E-state index is 13.5. The molecule has 4 rings (SSSR count). The monoisotopic (exact) mass is 273 g/mol. The van der Waals surface area contributed by atoms with E-state index in [0.29, 0.717) is 17.5 Å². The van der Waals surface area contributed by atoms with Gasteiger partial charge in [0.1, 0.15) is 5.82 Å². The van der Waals surface area contributed by atoms with Crippen LogP contribution in [-0.2, 0) is 9.59 Å². The number of nitrogens with zero attached hydrogens (tertiary/aromatic N) is 1. The smallest absolute Gasteiger partial charge is 0.237 e. The van der Waals surface area contributed by atoms with Gasteiger partial charge in [-0.05, 0) is 55.7 Å². The average molecular weight is 273 g/mol. The molecule has 3 nitrogen and oxygen atoms in total. The molecule has 1 saturated heterocycles. The van der Waals surface area contributed by atoms with Crippen molar-refractivity contribution in [3.05, 3.63) is 29.6 Å². The van der Waals surface area contributed by atoms with Crippen molar-refractivity contribution in [1.82, 2.24) is 0 Å². The largest absolute Gasteiger partial charge is 0.274 e. The van der Waals surface area contributed by atoms with Crippen molar-refractivity contribution in [3.63, 3.8) is 0 Å². The Morgan fingerprint density at radius 1 is 1.10 bits per heavy atom. The molecule has 1 aliphatic heterocycles. The van der Waals surface area contributed by atoms with Crippen LogP contribution in [0.1, 0.15) is 24.8 Å². The highest BCUT2D eigenvalue weighted by Crippen LogP contribution is 2.56. The van der Waals surface area contributed by atoms with Gasteiger partial charge < -0.3 is 0 Å². The zero-order chi connectivity index (χ0) is 14.0. The number of anilines is 1. The van der Waals surface area contributed by atoms with E-state index in [1.165, 1.54) is 17.0 Å². The maximum Gasteiger partial charge on any atom is 0.237 e. The van der Waals surface area contributed by atoms with Crippen molar-refractivity contribution in [2.75, 3.05) is 4.90 Å². The number of hydrogen-bond donors (Lipinski definition) is 0. The van der Waals surface area contributed by atoms with Gasteiger partial charge in [0.15, 0.2) is 0 Å². The summed E-state index contributed by atoms with van der Waals surface area (Å²) in [6.45, 7) is 1.80. The first-order chi connectivity index (χ1) is 9.58. The highest BCUT2D eigenvalue weighted by Gasteiger charge is 2.61. The minimum Gasteiger partial charge on any atom is -0.274 e. The Kier molecular flexibility index (Phi) is 2.35. The summed E-state index contributed by atoms with van der Waals surface area (Å²) in [5.41, 5.74) is 1.19. The second-order valence-electron chi connectivity index (χ2n) is 6.33. The fourth-order valence-electron chi connectivity index (χ4n) is 4.47. The van der Waals surface area contributed by atoms with Crippen LogP contribution in [-0.4, -0.2) is 11.8 Å². The zero-order valence-corrected chi connectivity index (χ0v) is 11.3. The summed E-state index contributed by atoms with van der Waals surface area (Å²) in [6, 6.07) is 4.27. The third kappa shape index (κ3) is 1.39. The van der Waals surface area contributed by atoms with E-state index in [9.17, 15) is 14.0 Å². The lowest BCUT2D eigenvalue weighted by atomic mass is 9.81. The van der Waals surface area contributed by atoms with Gasteiger partial charge in [0.2, 0.25) is 11.8 Å². The third-order valence-corrected chi connectivity index (χ3v) is 5.34. The number of halogens is 1. The SMILES string of the molecule is Cc1ccc(F)cc1N1C(=O)C2C3CCC(C3)C2C1=O. The molecule has 4 atom stereocenters. The number of carbonyl (C=O) groups excluding carboxylic acids is 2. The number of amides is 2. The van der Waals surface area contributed by atoms with Crippen molar-refractivity contribution < 1.29 is 14.0 Å². The number of carbonyl (C=O) groups is 2. The van der Waals surface area contributed by atoms with Crippen LogP contribution in [0.4, 0.5) is 10.1 Å². The molecule has 3 fully saturated rings. The molecule has 2 bridgehead atoms. The van der Waals surface area contributed by atoms with Gasteiger partial charge in [-0.3, -0.25) is 9.59 Å². The molecule has 2 saturated carbocycles. The molecule has 2 amide bonds. The van der Waals surface area contributed by atoms with Crippen LogP contribution in [0.5, 0.6) is 0 Å². The molecule has 4 unspecified atom stereocenters. The van der Waals surface area contributed by atoms with Gasteiger partial charge in [-0.1, -0.05) is 6.07 Å². The molecular formula is C16H16FNO2. The standard InChI is InChI=1S/C16H16FNO2/c1-8-2-5-11(17)7-12(8)18-15(19)13-9-3-4-10(6-9)14(13)16(18)20/h2,5,7,9-10,13-14H,3-4,6H2,1H3. The molecule has 20 heavy (non-hydrogen) atoms. The molecule has 0 radical (unpaired) electrons. The van der Waals surface area contributed by atoms with Crippen LogP contribution in [0.15, 0.2) is 18.2 Å². The summed E-state index contributed by atoms with van der Waals surface area (Å²) in [6.07, 6.45) is 3.13. The molecule has 3 aliphatic rings. The Morgan fingerprint density at radius 2 is 1.70 bits per heavy atom. The third-order valence-electron chi connectivity index (χ3n) is 5.34. The van der Waals surface area contributed by atoms with Gasteiger partial charge in [-0.25, -0.2) is 9.29 Å². The van der Waals surface area contributed by atoms with Crippen molar-refractivity contribution in [1.29, 1.82) is 0 Å². The van der Waals surface area contributed by atoms with E-state index in [2.05, 4.69) is 0 Å². The Bertz CT molecular complexity index is 599. The van der Waals surface area contributed by atoms with Gasteiger partial charge in [-0.2, -0.15) is 0 Å². The Labute approximate surface area is 116 Å². The first kappa shape index (κ1) is 12.1. The van der Waals surface area contributed by atoms with E-state index in [-0.39, 0.29) is 23.7 Å². The summed E-state index contributed by atoms with van der Waals surface area (Å²) in [4.78, 5) is 26.5. The van der Waals surface area contributed by atoms with Crippen LogP contribution < -0.4 is 4.90 Å². The lowest BCUT2D eigenvalue weighted by Gasteiger charge is -2.19. The molecule has 0 spiro atoms. The number of hydrogen-bond acceptors (Lipinski definition) is 2. The van der Waals surface area contributed by atoms with E-state index >= 15 is 0 Å². The molecule has 1 aromatic rings. The molecule has 2 aliphatic carbocycles. The summed E-state index contributed by atoms with van der Waals surface area (Å²) in [7, 11) is 0. The van der Waals surface area contributed by atoms with Gasteiger partial charge in [0.25, 0.3) is 0 Å². The van der Waals surface area contributed by atoms with E-state index in [0.717, 1.165) is 24.8 Å². The summed E-state index contributed by atoms with van der Waals surface area (Å²) in [5.74, 6) is -0.207. The van der Waals surface area contributed by atoms with Gasteiger partial charge in [0.05, 0.1) is 17.5 Å². The van der Waals surface area contributed by atoms with Gasteiger partial charge in [0, 0.05) is 0 Å². The Morgan fingerprint density at radius 3 is 2.30 bits per heavy atom. The lowest BCUT2D eigenvalue weighted by molar-refractivity contribution is -0.123. The molecule has 0 aromatic heterocycles. The number of aryl methyl sites for hydroxylation is 1. The van der Waals surface area contributed by atoms with Crippen molar-refractivity contribution in [2.45, 2.75) is 26.2 Å². The quantitative estimate of drug-likeness (QED) is 0.738. The molecule has 104 valence electrons. The van der Waals surface area contributed by atoms with Crippen LogP contribution in [0.2, 0.25) is 0 Å². The molecule has 1 aromatic carbocycles. The van der Waals surface area contributed by atoms with Crippen LogP contribution >= 0.6 is 0 Å². The molecular weight excluding hydrogens is 257 g/mol. The molecule has 1 heterocycles. The van der Waals surface area contributed by atoms with E-state index in [1.807, 2.05) is 0 Å². The van der Waals surface area contributed by atoms with Crippen molar-refractivity contribution in [3.8, 4) is 0 Å². The number of rotatable bonds is 1. The fourth-order valence-corrected chi connectivity index (χ4v) is 4.47. The second-order valence-corrected chi connectivity index (χ2v) is 6.33. The second kappa shape index (κ2) is 3.90. The maximum absolute atomic E-state index is 13.5. The van der Waals surface area contributed by atoms with E-state index in [1.54, 1.807) is 13.0 Å². The number of imide groups is 1. The average Bonchev–Trinajstić information content (AvgIpc) is 3.08. The summed E-state index contributed by atoms with van der Waals surface area (Å²) < 4.78 is 13.5. The predicted molar refractivity (Wildman–Crippen MR) is 71.4 cm³/mol. The first-order valence-corrected chi connectivity index (χ1v) is 7.22. The highest BCUT2D eigenvalue weighted by atomic mass is 19.1. The van der Waals surface area contributed by atoms with Gasteiger partial charge >= 0.3 is 0 Å². The van der Waals surface area contributed by atoms with E-state index in [4.69, 9.17) is 0 Å². The predicted octanol–water partition coefficient (Wildman–Crippen LogP) is 2.67. The van der Waals surface area contributed by atoms with Crippen LogP contribution in [0, 0.1) is 36.4 Å². The highest BCUT2D eigenvalue weighted by molar-refractivity contribution is 6.22. The summed E-state index contributed by atoms with van der Waals surface area (Å²) >= 11 is 0. The van der Waals surface area contributed by atoms with Crippen molar-refractivity contribution >= 4 is 17.5 Å². The topological polar surface area (TPSA) is 37.4 Å². The minimum atomic E-state index is -0.411. The lowest BCUT2D eigenvalue weighted by Crippen LogP contribution is -2.33. The van der Waals surface area contributed by atoms with Crippen LogP contribution in [0.3, 0.4) is 0 Å². The fraction of sp³-hybridized carbons (Fsp3) is 0.500. The first-order valence-electron chi connectivity index (χ1n) is 7.22. The summed E-state index contributed by atoms with van der Waals surface area (Å²) in [5, 5.41) is 0. The van der Waals surface area contributed by atoms with Crippen molar-refractivity contribution in [2.24, 2.45) is 23.7 Å². The van der Waals surface area contributed by atoms with Gasteiger partial charge in [-0.15, -0.1) is 0 Å². The Balaban J connectivity index is 1.79. The number of benzene rings is 1.